The van der Waals surface area contributed by atoms with Crippen LogP contribution in [0.3, 0.4) is 0 Å². The fraction of sp³-hybridized carbons (Fsp3) is 0.647. The zero-order chi connectivity index (χ0) is 14.0. The minimum atomic E-state index is 0.585. The van der Waals surface area contributed by atoms with Gasteiger partial charge in [0.1, 0.15) is 0 Å². The van der Waals surface area contributed by atoms with Crippen LogP contribution >= 0.6 is 27.5 Å². The summed E-state index contributed by atoms with van der Waals surface area (Å²) in [4.78, 5) is 2.54. The van der Waals surface area contributed by atoms with Gasteiger partial charge in [-0.15, -0.1) is 11.6 Å². The van der Waals surface area contributed by atoms with Crippen LogP contribution in [0.4, 0.5) is 5.69 Å². The number of hydrogen-bond donors (Lipinski definition) is 0. The molecule has 1 heterocycles. The summed E-state index contributed by atoms with van der Waals surface area (Å²) in [6.07, 6.45) is 10.0. The van der Waals surface area contributed by atoms with Crippen molar-refractivity contribution in [3.05, 3.63) is 28.2 Å². The number of hydrogen-bond acceptors (Lipinski definition) is 1. The van der Waals surface area contributed by atoms with Gasteiger partial charge in [0, 0.05) is 23.4 Å². The van der Waals surface area contributed by atoms with E-state index in [4.69, 9.17) is 11.6 Å². The maximum absolute atomic E-state index is 5.90. The molecule has 0 bridgehead atoms. The molecule has 3 heteroatoms. The fourth-order valence-electron chi connectivity index (χ4n) is 3.91. The van der Waals surface area contributed by atoms with Crippen LogP contribution in [0.25, 0.3) is 0 Å². The van der Waals surface area contributed by atoms with Crippen LogP contribution in [0.1, 0.15) is 50.5 Å². The van der Waals surface area contributed by atoms with Gasteiger partial charge in [-0.1, -0.05) is 25.3 Å². The Labute approximate surface area is 135 Å². The quantitative estimate of drug-likeness (QED) is 0.611. The van der Waals surface area contributed by atoms with Crippen molar-refractivity contribution in [3.63, 3.8) is 0 Å². The molecule has 1 saturated carbocycles. The highest BCUT2D eigenvalue weighted by molar-refractivity contribution is 9.10. The van der Waals surface area contributed by atoms with Crippen molar-refractivity contribution in [2.75, 3.05) is 18.0 Å². The van der Waals surface area contributed by atoms with Gasteiger partial charge in [0.05, 0.1) is 5.69 Å². The molecular formula is C17H23BrClN. The lowest BCUT2D eigenvalue weighted by atomic mass is 9.68. The van der Waals surface area contributed by atoms with E-state index in [1.165, 1.54) is 73.8 Å². The molecule has 110 valence electrons. The van der Waals surface area contributed by atoms with Crippen molar-refractivity contribution < 1.29 is 0 Å². The number of benzene rings is 1. The van der Waals surface area contributed by atoms with Crippen LogP contribution in [-0.2, 0) is 5.88 Å². The number of piperidine rings is 1. The Bertz CT molecular complexity index is 458. The van der Waals surface area contributed by atoms with Gasteiger partial charge in [0.15, 0.2) is 0 Å². The molecule has 2 fully saturated rings. The van der Waals surface area contributed by atoms with Crippen molar-refractivity contribution in [3.8, 4) is 0 Å². The summed E-state index contributed by atoms with van der Waals surface area (Å²) in [5.74, 6) is 0.585. The molecule has 0 N–H and O–H groups in total. The number of halogens is 2. The third-order valence-electron chi connectivity index (χ3n) is 5.25. The summed E-state index contributed by atoms with van der Waals surface area (Å²) < 4.78 is 1.19. The smallest absolute Gasteiger partial charge is 0.0510 e. The molecular weight excluding hydrogens is 334 g/mol. The predicted octanol–water partition coefficient (Wildman–Crippen LogP) is 5.74. The van der Waals surface area contributed by atoms with E-state index in [2.05, 4.69) is 39.0 Å². The Morgan fingerprint density at radius 2 is 1.75 bits per heavy atom. The zero-order valence-electron chi connectivity index (χ0n) is 12.0. The molecule has 1 saturated heterocycles. The highest BCUT2D eigenvalue weighted by atomic mass is 79.9. The van der Waals surface area contributed by atoms with Crippen molar-refractivity contribution >= 4 is 33.2 Å². The van der Waals surface area contributed by atoms with Crippen molar-refractivity contribution in [2.24, 2.45) is 5.41 Å². The number of rotatable bonds is 2. The predicted molar refractivity (Wildman–Crippen MR) is 90.7 cm³/mol. The molecule has 1 aromatic rings. The minimum absolute atomic E-state index is 0.585. The van der Waals surface area contributed by atoms with Crippen molar-refractivity contribution in [2.45, 2.75) is 50.8 Å². The first-order valence-corrected chi connectivity index (χ1v) is 9.15. The highest BCUT2D eigenvalue weighted by Crippen LogP contribution is 2.45. The Hall–Kier alpha value is -0.210. The Kier molecular flexibility index (Phi) is 4.62. The fourth-order valence-corrected chi connectivity index (χ4v) is 4.76. The number of anilines is 1. The third kappa shape index (κ3) is 3.01. The summed E-state index contributed by atoms with van der Waals surface area (Å²) in [5, 5.41) is 0. The topological polar surface area (TPSA) is 3.24 Å². The summed E-state index contributed by atoms with van der Waals surface area (Å²) in [6.45, 7) is 2.41. The van der Waals surface area contributed by atoms with Crippen LogP contribution < -0.4 is 4.90 Å². The first-order chi connectivity index (χ1) is 9.72. The van der Waals surface area contributed by atoms with Crippen LogP contribution in [0.2, 0.25) is 0 Å². The van der Waals surface area contributed by atoms with Crippen LogP contribution in [0, 0.1) is 5.41 Å². The molecule has 1 aromatic carbocycles. The van der Waals surface area contributed by atoms with Crippen LogP contribution in [-0.4, -0.2) is 13.1 Å². The first-order valence-electron chi connectivity index (χ1n) is 7.82. The summed E-state index contributed by atoms with van der Waals surface area (Å²) in [5.41, 5.74) is 3.20. The van der Waals surface area contributed by atoms with Gasteiger partial charge >= 0.3 is 0 Å². The second-order valence-electron chi connectivity index (χ2n) is 6.47. The first kappa shape index (κ1) is 14.7. The minimum Gasteiger partial charge on any atom is -0.371 e. The van der Waals surface area contributed by atoms with Gasteiger partial charge in [-0.2, -0.15) is 0 Å². The van der Waals surface area contributed by atoms with Gasteiger partial charge in [0.2, 0.25) is 0 Å². The molecule has 3 rings (SSSR count). The van der Waals surface area contributed by atoms with Crippen LogP contribution in [0.15, 0.2) is 22.7 Å². The van der Waals surface area contributed by atoms with E-state index in [1.807, 2.05) is 0 Å². The molecule has 1 aliphatic carbocycles. The van der Waals surface area contributed by atoms with Gasteiger partial charge in [-0.25, -0.2) is 0 Å². The Morgan fingerprint density at radius 3 is 2.35 bits per heavy atom. The SMILES string of the molecule is ClCc1ccc(N2CCC3(CCCCC3)CC2)c(Br)c1. The Morgan fingerprint density at radius 1 is 1.05 bits per heavy atom. The summed E-state index contributed by atoms with van der Waals surface area (Å²) in [6, 6.07) is 6.53. The van der Waals surface area contributed by atoms with E-state index < -0.39 is 0 Å². The lowest BCUT2D eigenvalue weighted by molar-refractivity contribution is 0.144. The highest BCUT2D eigenvalue weighted by Gasteiger charge is 2.35. The zero-order valence-corrected chi connectivity index (χ0v) is 14.3. The van der Waals surface area contributed by atoms with Crippen molar-refractivity contribution in [1.29, 1.82) is 0 Å². The molecule has 0 unspecified atom stereocenters. The monoisotopic (exact) mass is 355 g/mol. The molecule has 0 aromatic heterocycles. The second-order valence-corrected chi connectivity index (χ2v) is 7.59. The number of alkyl halides is 1. The number of nitrogens with zero attached hydrogens (tertiary/aromatic N) is 1. The standard InChI is InChI=1S/C17H23BrClN/c18-15-12-14(13-19)4-5-16(15)20-10-8-17(9-11-20)6-2-1-3-7-17/h4-5,12H,1-3,6-11,13H2. The van der Waals surface area contributed by atoms with E-state index in [9.17, 15) is 0 Å². The van der Waals surface area contributed by atoms with E-state index in [0.29, 0.717) is 11.3 Å². The normalized spacial score (nSPS) is 22.2. The van der Waals surface area contributed by atoms with Gasteiger partial charge in [-0.05, 0) is 64.7 Å². The van der Waals surface area contributed by atoms with E-state index in [-0.39, 0.29) is 0 Å². The van der Waals surface area contributed by atoms with Gasteiger partial charge < -0.3 is 4.90 Å². The van der Waals surface area contributed by atoms with Crippen LogP contribution in [0.5, 0.6) is 0 Å². The molecule has 1 nitrogen and oxygen atoms in total. The summed E-state index contributed by atoms with van der Waals surface area (Å²) >= 11 is 9.61. The third-order valence-corrected chi connectivity index (χ3v) is 6.19. The molecule has 0 atom stereocenters. The average Bonchev–Trinajstić information content (AvgIpc) is 2.49. The Balaban J connectivity index is 1.68. The molecule has 0 amide bonds. The average molecular weight is 357 g/mol. The molecule has 0 radical (unpaired) electrons. The van der Waals surface area contributed by atoms with Gasteiger partial charge in [-0.3, -0.25) is 0 Å². The largest absolute Gasteiger partial charge is 0.371 e. The molecule has 1 aliphatic heterocycles. The maximum atomic E-state index is 5.90. The van der Waals surface area contributed by atoms with Gasteiger partial charge in [0.25, 0.3) is 0 Å². The van der Waals surface area contributed by atoms with Crippen molar-refractivity contribution in [1.82, 2.24) is 0 Å². The summed E-state index contributed by atoms with van der Waals surface area (Å²) in [7, 11) is 0. The lowest BCUT2D eigenvalue weighted by Gasteiger charge is -2.45. The molecule has 20 heavy (non-hydrogen) atoms. The van der Waals surface area contributed by atoms with E-state index in [0.717, 1.165) is 0 Å². The molecule has 2 aliphatic rings. The van der Waals surface area contributed by atoms with E-state index in [1.54, 1.807) is 0 Å². The lowest BCUT2D eigenvalue weighted by Crippen LogP contribution is -2.41. The maximum Gasteiger partial charge on any atom is 0.0510 e. The molecule has 1 spiro atoms. The second kappa shape index (κ2) is 6.27. The van der Waals surface area contributed by atoms with E-state index >= 15 is 0 Å².